The lowest BCUT2D eigenvalue weighted by molar-refractivity contribution is -0.117. The summed E-state index contributed by atoms with van der Waals surface area (Å²) in [6.07, 6.45) is 3.45. The Morgan fingerprint density at radius 1 is 0.951 bits per heavy atom. The quantitative estimate of drug-likeness (QED) is 0.278. The number of hydrogen-bond acceptors (Lipinski definition) is 7. The van der Waals surface area contributed by atoms with Crippen LogP contribution < -0.4 is 34.9 Å². The Morgan fingerprint density at radius 3 is 2.24 bits per heavy atom. The number of nitrogens with zero attached hydrogens (tertiary/aromatic N) is 2. The van der Waals surface area contributed by atoms with Crippen LogP contribution in [0.4, 0.5) is 17.1 Å². The molecular formula is C31H37BrN4O5. The lowest BCUT2D eigenvalue weighted by atomic mass is 10.0. The number of hydrazine groups is 1. The van der Waals surface area contributed by atoms with E-state index in [0.29, 0.717) is 32.8 Å². The largest absolute Gasteiger partial charge is 0.497 e. The molecule has 2 N–H and O–H groups in total. The molecule has 0 radical (unpaired) electrons. The van der Waals surface area contributed by atoms with E-state index in [0.717, 1.165) is 42.9 Å². The number of carbonyl (C=O) groups is 2. The second-order valence-corrected chi connectivity index (χ2v) is 10.6. The Balaban J connectivity index is 1.77. The highest BCUT2D eigenvalue weighted by molar-refractivity contribution is 9.10. The second kappa shape index (κ2) is 13.6. The van der Waals surface area contributed by atoms with Gasteiger partial charge in [-0.25, -0.2) is 5.01 Å². The zero-order valence-corrected chi connectivity index (χ0v) is 25.8. The number of ether oxygens (including phenoxy) is 3. The molecule has 10 heteroatoms. The molecule has 1 aliphatic heterocycles. The summed E-state index contributed by atoms with van der Waals surface area (Å²) in [5, 5.41) is 4.17. The Labute approximate surface area is 249 Å². The number of nitrogens with one attached hydrogen (secondary N) is 2. The molecule has 0 aromatic heterocycles. The number of anilines is 3. The van der Waals surface area contributed by atoms with Gasteiger partial charge in [-0.1, -0.05) is 28.1 Å². The molecule has 4 rings (SSSR count). The van der Waals surface area contributed by atoms with Crippen LogP contribution in [0, 0.1) is 6.92 Å². The average molecular weight is 626 g/mol. The number of hydrogen-bond donors (Lipinski definition) is 2. The number of benzene rings is 3. The van der Waals surface area contributed by atoms with Crippen molar-refractivity contribution in [3.63, 3.8) is 0 Å². The predicted molar refractivity (Wildman–Crippen MR) is 166 cm³/mol. The molecule has 218 valence electrons. The molecule has 0 spiro atoms. The second-order valence-electron chi connectivity index (χ2n) is 9.76. The van der Waals surface area contributed by atoms with Gasteiger partial charge < -0.3 is 24.4 Å². The summed E-state index contributed by atoms with van der Waals surface area (Å²) in [5.41, 5.74) is 7.92. The summed E-state index contributed by atoms with van der Waals surface area (Å²) in [7, 11) is 6.11. The van der Waals surface area contributed by atoms with Crippen molar-refractivity contribution in [2.24, 2.45) is 0 Å². The van der Waals surface area contributed by atoms with Gasteiger partial charge in [0.2, 0.25) is 5.91 Å². The molecule has 0 bridgehead atoms. The van der Waals surface area contributed by atoms with E-state index in [2.05, 4.69) is 37.6 Å². The van der Waals surface area contributed by atoms with Gasteiger partial charge >= 0.3 is 0 Å². The monoisotopic (exact) mass is 624 g/mol. The minimum atomic E-state index is -0.329. The van der Waals surface area contributed by atoms with E-state index < -0.39 is 0 Å². The number of amides is 2. The number of aryl methyl sites for hydroxylation is 1. The molecule has 1 aliphatic rings. The van der Waals surface area contributed by atoms with Gasteiger partial charge in [0.1, 0.15) is 5.75 Å². The number of carbonyl (C=O) groups excluding carboxylic acids is 2. The maximum atomic E-state index is 14.2. The fraction of sp³-hybridized carbons (Fsp3) is 0.355. The fourth-order valence-electron chi connectivity index (χ4n) is 5.07. The summed E-state index contributed by atoms with van der Waals surface area (Å²) in [4.78, 5) is 29.1. The summed E-state index contributed by atoms with van der Waals surface area (Å²) in [5.74, 6) is 0.688. The topological polar surface area (TPSA) is 92.4 Å². The van der Waals surface area contributed by atoms with Gasteiger partial charge in [-0.2, -0.15) is 0 Å². The van der Waals surface area contributed by atoms with Crippen LogP contribution in [0.15, 0.2) is 53.0 Å². The molecule has 9 nitrogen and oxygen atoms in total. The molecule has 0 saturated carbocycles. The van der Waals surface area contributed by atoms with Crippen molar-refractivity contribution in [1.82, 2.24) is 5.32 Å². The van der Waals surface area contributed by atoms with Gasteiger partial charge in [0.25, 0.3) is 5.91 Å². The Morgan fingerprint density at radius 2 is 1.63 bits per heavy atom. The Kier molecular flexibility index (Phi) is 9.99. The number of para-hydroxylation sites is 1. The molecule has 2 amide bonds. The Bertz CT molecular complexity index is 1390. The van der Waals surface area contributed by atoms with Gasteiger partial charge in [0.15, 0.2) is 11.5 Å². The molecule has 3 aromatic rings. The molecular weight excluding hydrogens is 588 g/mol. The van der Waals surface area contributed by atoms with Crippen LogP contribution in [0.25, 0.3) is 0 Å². The zero-order valence-electron chi connectivity index (χ0n) is 24.2. The van der Waals surface area contributed by atoms with E-state index in [9.17, 15) is 9.59 Å². The first-order chi connectivity index (χ1) is 19.8. The number of methoxy groups -OCH3 is 3. The molecule has 1 heterocycles. The van der Waals surface area contributed by atoms with Gasteiger partial charge in [0, 0.05) is 30.2 Å². The molecule has 0 atom stereocenters. The van der Waals surface area contributed by atoms with Gasteiger partial charge in [-0.05, 0) is 68.1 Å². The molecule has 0 unspecified atom stereocenters. The standard InChI is InChI=1S/C31H37BrN4O5/c1-20-10-9-11-26(35-16-7-6-8-17-35)28(20)34-36(21-12-14-22(39-3)15-13-21)27(37)19-23-25(32)18-24(31(38)33-2)30(41-5)29(23)40-4/h9-15,18,34H,6-8,16-17,19H2,1-5H3,(H,33,38). The normalized spacial score (nSPS) is 12.9. The van der Waals surface area contributed by atoms with Gasteiger partial charge in [-0.3, -0.25) is 15.0 Å². The van der Waals surface area contributed by atoms with Crippen molar-refractivity contribution in [3.8, 4) is 17.2 Å². The van der Waals surface area contributed by atoms with Crippen molar-refractivity contribution >= 4 is 44.8 Å². The SMILES string of the molecule is CNC(=O)c1cc(Br)c(CC(=O)N(Nc2c(C)cccc2N2CCCCC2)c2ccc(OC)cc2)c(OC)c1OC. The Hall–Kier alpha value is -3.92. The van der Waals surface area contributed by atoms with Crippen LogP contribution in [0.1, 0.15) is 40.7 Å². The van der Waals surface area contributed by atoms with Crippen molar-refractivity contribution in [1.29, 1.82) is 0 Å². The first kappa shape index (κ1) is 30.0. The van der Waals surface area contributed by atoms with Crippen molar-refractivity contribution in [3.05, 3.63) is 69.7 Å². The van der Waals surface area contributed by atoms with E-state index in [4.69, 9.17) is 14.2 Å². The lowest BCUT2D eigenvalue weighted by Crippen LogP contribution is -2.39. The summed E-state index contributed by atoms with van der Waals surface area (Å²) in [6, 6.07) is 15.1. The predicted octanol–water partition coefficient (Wildman–Crippen LogP) is 5.74. The third-order valence-corrected chi connectivity index (χ3v) is 7.95. The summed E-state index contributed by atoms with van der Waals surface area (Å²) >= 11 is 3.56. The molecule has 0 aliphatic carbocycles. The minimum absolute atomic E-state index is 0.0436. The van der Waals surface area contributed by atoms with E-state index >= 15 is 0 Å². The average Bonchev–Trinajstić information content (AvgIpc) is 3.00. The number of piperidine rings is 1. The highest BCUT2D eigenvalue weighted by Crippen LogP contribution is 2.41. The van der Waals surface area contributed by atoms with Crippen LogP contribution in [0.2, 0.25) is 0 Å². The number of rotatable bonds is 10. The van der Waals surface area contributed by atoms with Crippen LogP contribution in [-0.4, -0.2) is 53.3 Å². The van der Waals surface area contributed by atoms with E-state index in [1.165, 1.54) is 20.6 Å². The molecule has 1 fully saturated rings. The van der Waals surface area contributed by atoms with Crippen LogP contribution in [0.3, 0.4) is 0 Å². The molecule has 3 aromatic carbocycles. The fourth-order valence-corrected chi connectivity index (χ4v) is 5.62. The van der Waals surface area contributed by atoms with Crippen molar-refractivity contribution in [2.45, 2.75) is 32.6 Å². The highest BCUT2D eigenvalue weighted by atomic mass is 79.9. The molecule has 1 saturated heterocycles. The van der Waals surface area contributed by atoms with Crippen LogP contribution in [0.5, 0.6) is 17.2 Å². The first-order valence-corrected chi connectivity index (χ1v) is 14.4. The summed E-state index contributed by atoms with van der Waals surface area (Å²) in [6.45, 7) is 3.97. The first-order valence-electron chi connectivity index (χ1n) is 13.6. The lowest BCUT2D eigenvalue weighted by Gasteiger charge is -2.33. The van der Waals surface area contributed by atoms with E-state index in [1.807, 2.05) is 43.3 Å². The number of halogens is 1. The van der Waals surface area contributed by atoms with Crippen molar-refractivity contribution in [2.75, 3.05) is 56.8 Å². The van der Waals surface area contributed by atoms with Crippen LogP contribution >= 0.6 is 15.9 Å². The zero-order chi connectivity index (χ0) is 29.5. The maximum Gasteiger partial charge on any atom is 0.254 e. The maximum absolute atomic E-state index is 14.2. The van der Waals surface area contributed by atoms with Crippen molar-refractivity contribution < 1.29 is 23.8 Å². The van der Waals surface area contributed by atoms with E-state index in [-0.39, 0.29) is 24.0 Å². The van der Waals surface area contributed by atoms with Crippen LogP contribution in [-0.2, 0) is 11.2 Å². The smallest absolute Gasteiger partial charge is 0.254 e. The third-order valence-electron chi connectivity index (χ3n) is 7.24. The van der Waals surface area contributed by atoms with E-state index in [1.54, 1.807) is 25.2 Å². The summed E-state index contributed by atoms with van der Waals surface area (Å²) < 4.78 is 17.2. The van der Waals surface area contributed by atoms with Gasteiger partial charge in [0.05, 0.1) is 50.4 Å². The highest BCUT2D eigenvalue weighted by Gasteiger charge is 2.27. The van der Waals surface area contributed by atoms with Gasteiger partial charge in [-0.15, -0.1) is 0 Å². The molecule has 41 heavy (non-hydrogen) atoms. The minimum Gasteiger partial charge on any atom is -0.497 e. The third kappa shape index (κ3) is 6.53.